The van der Waals surface area contributed by atoms with Gasteiger partial charge >= 0.3 is 0 Å². The SMILES string of the molecule is COc1ccc(S(=O)(=O)NC2CCN(C(=O)CCc3ccc(C)cc3)CC2)cc1. The van der Waals surface area contributed by atoms with Gasteiger partial charge in [-0.05, 0) is 56.0 Å². The van der Waals surface area contributed by atoms with Gasteiger partial charge in [0.1, 0.15) is 5.75 Å². The van der Waals surface area contributed by atoms with Gasteiger partial charge in [0.2, 0.25) is 15.9 Å². The molecule has 2 aromatic carbocycles. The number of ether oxygens (including phenoxy) is 1. The van der Waals surface area contributed by atoms with Crippen LogP contribution in [0.1, 0.15) is 30.4 Å². The molecule has 0 aliphatic carbocycles. The number of benzene rings is 2. The fourth-order valence-corrected chi connectivity index (χ4v) is 4.76. The van der Waals surface area contributed by atoms with E-state index in [9.17, 15) is 13.2 Å². The Hall–Kier alpha value is -2.38. The van der Waals surface area contributed by atoms with Crippen LogP contribution in [0.5, 0.6) is 5.75 Å². The van der Waals surface area contributed by atoms with Crippen LogP contribution in [0.15, 0.2) is 53.4 Å². The highest BCUT2D eigenvalue weighted by molar-refractivity contribution is 7.89. The number of nitrogens with one attached hydrogen (secondary N) is 1. The van der Waals surface area contributed by atoms with Gasteiger partial charge < -0.3 is 9.64 Å². The largest absolute Gasteiger partial charge is 0.497 e. The molecule has 0 bridgehead atoms. The van der Waals surface area contributed by atoms with Crippen LogP contribution in [-0.2, 0) is 21.2 Å². The molecule has 0 aromatic heterocycles. The number of sulfonamides is 1. The van der Waals surface area contributed by atoms with E-state index in [1.807, 2.05) is 11.8 Å². The average molecular weight is 417 g/mol. The number of piperidine rings is 1. The fourth-order valence-electron chi connectivity index (χ4n) is 3.45. The Kier molecular flexibility index (Phi) is 6.92. The minimum absolute atomic E-state index is 0.127. The molecule has 0 atom stereocenters. The lowest BCUT2D eigenvalue weighted by Gasteiger charge is -2.32. The molecule has 3 rings (SSSR count). The van der Waals surface area contributed by atoms with Crippen LogP contribution >= 0.6 is 0 Å². The predicted octanol–water partition coefficient (Wildman–Crippen LogP) is 2.91. The van der Waals surface area contributed by atoms with Crippen LogP contribution in [0.4, 0.5) is 0 Å². The third-order valence-electron chi connectivity index (χ3n) is 5.29. The summed E-state index contributed by atoms with van der Waals surface area (Å²) in [6.45, 7) is 3.19. The Labute approximate surface area is 172 Å². The molecular weight excluding hydrogens is 388 g/mol. The number of carbonyl (C=O) groups is 1. The molecule has 1 saturated heterocycles. The number of nitrogens with zero attached hydrogens (tertiary/aromatic N) is 1. The summed E-state index contributed by atoms with van der Waals surface area (Å²) in [6, 6.07) is 14.4. The van der Waals surface area contributed by atoms with Gasteiger partial charge in [-0.1, -0.05) is 29.8 Å². The molecular formula is C22H28N2O4S. The monoisotopic (exact) mass is 416 g/mol. The molecule has 1 aliphatic rings. The van der Waals surface area contributed by atoms with Crippen LogP contribution in [0.25, 0.3) is 0 Å². The fraction of sp³-hybridized carbons (Fsp3) is 0.409. The van der Waals surface area contributed by atoms with Crippen LogP contribution in [0.3, 0.4) is 0 Å². The van der Waals surface area contributed by atoms with E-state index in [4.69, 9.17) is 4.74 Å². The Bertz CT molecular complexity index is 916. The number of methoxy groups -OCH3 is 1. The third-order valence-corrected chi connectivity index (χ3v) is 6.82. The van der Waals surface area contributed by atoms with E-state index >= 15 is 0 Å². The van der Waals surface area contributed by atoms with Crippen LogP contribution < -0.4 is 9.46 Å². The van der Waals surface area contributed by atoms with Crippen LogP contribution in [0.2, 0.25) is 0 Å². The smallest absolute Gasteiger partial charge is 0.240 e. The summed E-state index contributed by atoms with van der Waals surface area (Å²) in [5, 5.41) is 0. The van der Waals surface area contributed by atoms with Crippen molar-refractivity contribution in [3.8, 4) is 5.75 Å². The number of rotatable bonds is 7. The molecule has 29 heavy (non-hydrogen) atoms. The zero-order valence-electron chi connectivity index (χ0n) is 16.9. The molecule has 0 radical (unpaired) electrons. The Balaban J connectivity index is 1.47. The second-order valence-corrected chi connectivity index (χ2v) is 9.15. The first-order chi connectivity index (χ1) is 13.9. The lowest BCUT2D eigenvalue weighted by molar-refractivity contribution is -0.132. The van der Waals surface area contributed by atoms with E-state index in [1.54, 1.807) is 12.1 Å². The number of aryl methyl sites for hydroxylation is 2. The van der Waals surface area contributed by atoms with E-state index < -0.39 is 10.0 Å². The Morgan fingerprint density at radius 3 is 2.28 bits per heavy atom. The number of amides is 1. The lowest BCUT2D eigenvalue weighted by atomic mass is 10.0. The Morgan fingerprint density at radius 2 is 1.69 bits per heavy atom. The summed E-state index contributed by atoms with van der Waals surface area (Å²) in [6.07, 6.45) is 2.44. The van der Waals surface area contributed by atoms with Crippen molar-refractivity contribution in [3.05, 3.63) is 59.7 Å². The minimum Gasteiger partial charge on any atom is -0.497 e. The van der Waals surface area contributed by atoms with Crippen molar-refractivity contribution in [2.75, 3.05) is 20.2 Å². The van der Waals surface area contributed by atoms with Crippen molar-refractivity contribution in [3.63, 3.8) is 0 Å². The van der Waals surface area contributed by atoms with Crippen molar-refractivity contribution < 1.29 is 17.9 Å². The number of likely N-dealkylation sites (tertiary alicyclic amines) is 1. The van der Waals surface area contributed by atoms with E-state index in [2.05, 4.69) is 29.0 Å². The predicted molar refractivity (Wildman–Crippen MR) is 112 cm³/mol. The zero-order chi connectivity index (χ0) is 20.9. The van der Waals surface area contributed by atoms with Gasteiger partial charge in [0.15, 0.2) is 0 Å². The average Bonchev–Trinajstić information content (AvgIpc) is 2.73. The summed E-state index contributed by atoms with van der Waals surface area (Å²) in [5.41, 5.74) is 2.37. The standard InChI is InChI=1S/C22H28N2O4S/c1-17-3-5-18(6-4-17)7-12-22(25)24-15-13-19(14-16-24)23-29(26,27)21-10-8-20(28-2)9-11-21/h3-6,8-11,19,23H,7,12-16H2,1-2H3. The third kappa shape index (κ3) is 5.81. The summed E-state index contributed by atoms with van der Waals surface area (Å²) < 4.78 is 33.0. The van der Waals surface area contributed by atoms with Gasteiger partial charge in [0.25, 0.3) is 0 Å². The molecule has 1 N–H and O–H groups in total. The van der Waals surface area contributed by atoms with Crippen molar-refractivity contribution in [2.24, 2.45) is 0 Å². The summed E-state index contributed by atoms with van der Waals surface area (Å²) >= 11 is 0. The normalized spacial score (nSPS) is 15.3. The lowest BCUT2D eigenvalue weighted by Crippen LogP contribution is -2.46. The molecule has 0 spiro atoms. The van der Waals surface area contributed by atoms with E-state index in [-0.39, 0.29) is 16.8 Å². The highest BCUT2D eigenvalue weighted by Gasteiger charge is 2.26. The van der Waals surface area contributed by atoms with Gasteiger partial charge in [-0.25, -0.2) is 13.1 Å². The summed E-state index contributed by atoms with van der Waals surface area (Å²) in [7, 11) is -2.04. The molecule has 7 heteroatoms. The summed E-state index contributed by atoms with van der Waals surface area (Å²) in [4.78, 5) is 14.5. The molecule has 2 aromatic rings. The van der Waals surface area contributed by atoms with Gasteiger partial charge in [-0.2, -0.15) is 0 Å². The van der Waals surface area contributed by atoms with Crippen LogP contribution in [-0.4, -0.2) is 45.5 Å². The van der Waals surface area contributed by atoms with Gasteiger partial charge in [-0.3, -0.25) is 4.79 Å². The maximum absolute atomic E-state index is 12.6. The van der Waals surface area contributed by atoms with Gasteiger partial charge in [-0.15, -0.1) is 0 Å². The topological polar surface area (TPSA) is 75.7 Å². The number of hydrogen-bond donors (Lipinski definition) is 1. The number of hydrogen-bond acceptors (Lipinski definition) is 4. The molecule has 0 saturated carbocycles. The van der Waals surface area contributed by atoms with E-state index in [0.29, 0.717) is 38.1 Å². The molecule has 1 fully saturated rings. The number of carbonyl (C=O) groups excluding carboxylic acids is 1. The maximum atomic E-state index is 12.6. The van der Waals surface area contributed by atoms with Crippen molar-refractivity contribution >= 4 is 15.9 Å². The van der Waals surface area contributed by atoms with Crippen molar-refractivity contribution in [2.45, 2.75) is 43.5 Å². The molecule has 156 valence electrons. The van der Waals surface area contributed by atoms with Gasteiger partial charge in [0.05, 0.1) is 12.0 Å². The second kappa shape index (κ2) is 9.41. The van der Waals surface area contributed by atoms with Gasteiger partial charge in [0, 0.05) is 25.6 Å². The quantitative estimate of drug-likeness (QED) is 0.753. The molecule has 1 aliphatic heterocycles. The van der Waals surface area contributed by atoms with Crippen LogP contribution in [0, 0.1) is 6.92 Å². The van der Waals surface area contributed by atoms with E-state index in [1.165, 1.54) is 24.8 Å². The van der Waals surface area contributed by atoms with Crippen molar-refractivity contribution in [1.29, 1.82) is 0 Å². The Morgan fingerprint density at radius 1 is 1.07 bits per heavy atom. The second-order valence-electron chi connectivity index (χ2n) is 7.44. The first-order valence-electron chi connectivity index (χ1n) is 9.87. The van der Waals surface area contributed by atoms with E-state index in [0.717, 1.165) is 12.0 Å². The molecule has 1 amide bonds. The summed E-state index contributed by atoms with van der Waals surface area (Å²) in [5.74, 6) is 0.739. The molecule has 1 heterocycles. The maximum Gasteiger partial charge on any atom is 0.240 e. The first-order valence-corrected chi connectivity index (χ1v) is 11.4. The highest BCUT2D eigenvalue weighted by atomic mass is 32.2. The zero-order valence-corrected chi connectivity index (χ0v) is 17.7. The highest BCUT2D eigenvalue weighted by Crippen LogP contribution is 2.19. The molecule has 6 nitrogen and oxygen atoms in total. The first kappa shape index (κ1) is 21.3. The van der Waals surface area contributed by atoms with Crippen molar-refractivity contribution in [1.82, 2.24) is 9.62 Å². The molecule has 0 unspecified atom stereocenters. The minimum atomic E-state index is -3.58.